The summed E-state index contributed by atoms with van der Waals surface area (Å²) in [5.41, 5.74) is 5.22. The summed E-state index contributed by atoms with van der Waals surface area (Å²) in [4.78, 5) is 43.8. The average molecular weight is 471 g/mol. The number of para-hydroxylation sites is 1. The van der Waals surface area contributed by atoms with Crippen LogP contribution in [0.4, 0.5) is 14.5 Å². The number of Topliss-reactive ketones (excluding diaryl/α,β-unsaturated/α-hetero) is 2. The molecule has 174 valence electrons. The number of hydrazine groups is 1. The fraction of sp³-hybridized carbons (Fsp3) is 0.111. The van der Waals surface area contributed by atoms with E-state index < -0.39 is 17.8 Å². The Hall–Kier alpha value is -4.30. The van der Waals surface area contributed by atoms with E-state index in [0.29, 0.717) is 28.1 Å². The van der Waals surface area contributed by atoms with Crippen LogP contribution in [0.15, 0.2) is 95.0 Å². The van der Waals surface area contributed by atoms with E-state index in [9.17, 15) is 23.2 Å². The molecule has 0 unspecified atom stereocenters. The van der Waals surface area contributed by atoms with Gasteiger partial charge in [0.2, 0.25) is 0 Å². The first-order chi connectivity index (χ1) is 16.9. The maximum atomic E-state index is 13.3. The van der Waals surface area contributed by atoms with Gasteiger partial charge >= 0.3 is 0 Å². The Morgan fingerprint density at radius 2 is 1.34 bits per heavy atom. The van der Waals surface area contributed by atoms with E-state index >= 15 is 0 Å². The number of allylic oxidation sites excluding steroid dienone is 1. The van der Waals surface area contributed by atoms with Crippen molar-refractivity contribution in [1.29, 1.82) is 0 Å². The topological polar surface area (TPSA) is 78.8 Å². The molecular formula is C27H19F2N3O3. The Labute approximate surface area is 199 Å². The zero-order chi connectivity index (χ0) is 24.5. The smallest absolute Gasteiger partial charge is 0.272 e. The van der Waals surface area contributed by atoms with Gasteiger partial charge < -0.3 is 0 Å². The highest BCUT2D eigenvalue weighted by Crippen LogP contribution is 2.33. The molecule has 0 aromatic heterocycles. The molecule has 2 heterocycles. The Balaban J connectivity index is 1.47. The van der Waals surface area contributed by atoms with Gasteiger partial charge in [0.1, 0.15) is 17.8 Å². The second-order valence-electron chi connectivity index (χ2n) is 8.19. The number of hydrogen-bond donors (Lipinski definition) is 1. The van der Waals surface area contributed by atoms with Crippen LogP contribution in [0.2, 0.25) is 0 Å². The molecule has 1 N–H and O–H groups in total. The standard InChI is InChI=1S/C27H19F2N3O3/c28-18-10-6-16(7-11-18)23(33)14-21-22(15-24(34)17-8-12-19(29)13-9-17)30-26-25(21)27(35)32(31-26)20-4-2-1-3-5-20/h1-13,26,31H,14-15H2/t26-/m1/s1. The fourth-order valence-corrected chi connectivity index (χ4v) is 4.17. The number of ketones is 2. The van der Waals surface area contributed by atoms with Crippen LogP contribution in [-0.4, -0.2) is 29.4 Å². The highest BCUT2D eigenvalue weighted by molar-refractivity contribution is 6.24. The molecule has 6 nitrogen and oxygen atoms in total. The Morgan fingerprint density at radius 3 is 1.91 bits per heavy atom. The van der Waals surface area contributed by atoms with Crippen LogP contribution in [0.5, 0.6) is 0 Å². The zero-order valence-electron chi connectivity index (χ0n) is 18.4. The van der Waals surface area contributed by atoms with Gasteiger partial charge in [-0.1, -0.05) is 18.2 Å². The van der Waals surface area contributed by atoms with Crippen LogP contribution in [0.3, 0.4) is 0 Å². The number of amides is 1. The van der Waals surface area contributed by atoms with Gasteiger partial charge in [0.25, 0.3) is 5.91 Å². The SMILES string of the molecule is O=C(CC1=N[C@@H]2NN(c3ccccc3)C(=O)C2=C1CC(=O)c1ccc(F)cc1)c1ccc(F)cc1. The van der Waals surface area contributed by atoms with E-state index in [2.05, 4.69) is 10.4 Å². The van der Waals surface area contributed by atoms with Crippen molar-refractivity contribution in [1.82, 2.24) is 5.43 Å². The summed E-state index contributed by atoms with van der Waals surface area (Å²) in [5.74, 6) is -1.94. The number of nitrogens with one attached hydrogen (secondary N) is 1. The number of halogens is 2. The minimum atomic E-state index is -0.741. The molecule has 5 rings (SSSR count). The molecule has 0 spiro atoms. The lowest BCUT2D eigenvalue weighted by atomic mass is 9.93. The number of nitrogens with zero attached hydrogens (tertiary/aromatic N) is 2. The number of benzene rings is 3. The van der Waals surface area contributed by atoms with Crippen LogP contribution in [0.1, 0.15) is 33.6 Å². The molecule has 3 aromatic carbocycles. The van der Waals surface area contributed by atoms with Gasteiger partial charge in [-0.3, -0.25) is 19.4 Å². The molecule has 0 radical (unpaired) electrons. The largest absolute Gasteiger partial charge is 0.294 e. The van der Waals surface area contributed by atoms with Crippen molar-refractivity contribution >= 4 is 28.9 Å². The maximum Gasteiger partial charge on any atom is 0.272 e. The van der Waals surface area contributed by atoms with Gasteiger partial charge in [-0.2, -0.15) is 5.43 Å². The number of aliphatic imine (C=N–C) groups is 1. The number of hydrogen-bond acceptors (Lipinski definition) is 5. The van der Waals surface area contributed by atoms with Crippen molar-refractivity contribution in [2.24, 2.45) is 4.99 Å². The van der Waals surface area contributed by atoms with Crippen molar-refractivity contribution in [2.75, 3.05) is 5.01 Å². The van der Waals surface area contributed by atoms with Gasteiger partial charge in [-0.25, -0.2) is 13.8 Å². The van der Waals surface area contributed by atoms with Crippen LogP contribution in [0.25, 0.3) is 0 Å². The van der Waals surface area contributed by atoms with E-state index in [-0.39, 0.29) is 35.9 Å². The lowest BCUT2D eigenvalue weighted by Gasteiger charge is -2.17. The highest BCUT2D eigenvalue weighted by atomic mass is 19.1. The second-order valence-corrected chi connectivity index (χ2v) is 8.19. The van der Waals surface area contributed by atoms with E-state index in [0.717, 1.165) is 0 Å². The molecule has 35 heavy (non-hydrogen) atoms. The van der Waals surface area contributed by atoms with Crippen molar-refractivity contribution in [3.8, 4) is 0 Å². The fourth-order valence-electron chi connectivity index (χ4n) is 4.17. The summed E-state index contributed by atoms with van der Waals surface area (Å²) in [5, 5.41) is 1.37. The third-order valence-electron chi connectivity index (χ3n) is 5.93. The van der Waals surface area contributed by atoms with Crippen molar-refractivity contribution < 1.29 is 23.2 Å². The molecule has 0 aliphatic carbocycles. The Bertz CT molecular complexity index is 1380. The van der Waals surface area contributed by atoms with E-state index in [1.54, 1.807) is 24.3 Å². The normalized spacial score (nSPS) is 17.0. The molecule has 1 fully saturated rings. The first kappa shape index (κ1) is 22.5. The van der Waals surface area contributed by atoms with Crippen molar-refractivity contribution in [3.05, 3.63) is 113 Å². The van der Waals surface area contributed by atoms with Crippen LogP contribution >= 0.6 is 0 Å². The molecule has 0 bridgehead atoms. The van der Waals surface area contributed by atoms with E-state index in [4.69, 9.17) is 0 Å². The van der Waals surface area contributed by atoms with Gasteiger partial charge in [0, 0.05) is 23.3 Å². The minimum absolute atomic E-state index is 0.155. The first-order valence-electron chi connectivity index (χ1n) is 10.9. The highest BCUT2D eigenvalue weighted by Gasteiger charge is 2.43. The quantitative estimate of drug-likeness (QED) is 0.517. The lowest BCUT2D eigenvalue weighted by molar-refractivity contribution is -0.114. The number of rotatable bonds is 7. The van der Waals surface area contributed by atoms with Gasteiger partial charge in [0.05, 0.1) is 17.7 Å². The molecule has 1 atom stereocenters. The van der Waals surface area contributed by atoms with E-state index in [1.165, 1.54) is 53.5 Å². The average Bonchev–Trinajstić information content (AvgIpc) is 3.36. The Kier molecular flexibility index (Phi) is 5.88. The Morgan fingerprint density at radius 1 is 0.800 bits per heavy atom. The summed E-state index contributed by atoms with van der Waals surface area (Å²) in [6.07, 6.45) is -1.07. The number of anilines is 1. The molecule has 1 amide bonds. The number of fused-ring (bicyclic) bond motifs is 1. The zero-order valence-corrected chi connectivity index (χ0v) is 18.4. The molecular weight excluding hydrogens is 452 g/mol. The third kappa shape index (κ3) is 4.43. The lowest BCUT2D eigenvalue weighted by Crippen LogP contribution is -2.37. The van der Waals surface area contributed by atoms with Crippen molar-refractivity contribution in [3.63, 3.8) is 0 Å². The maximum absolute atomic E-state index is 13.3. The van der Waals surface area contributed by atoms with Gasteiger partial charge in [0.15, 0.2) is 11.6 Å². The van der Waals surface area contributed by atoms with Crippen molar-refractivity contribution in [2.45, 2.75) is 19.0 Å². The summed E-state index contributed by atoms with van der Waals surface area (Å²) in [6, 6.07) is 19.2. The summed E-state index contributed by atoms with van der Waals surface area (Å²) < 4.78 is 26.6. The molecule has 3 aromatic rings. The van der Waals surface area contributed by atoms with Crippen LogP contribution < -0.4 is 10.4 Å². The monoisotopic (exact) mass is 471 g/mol. The first-order valence-corrected chi connectivity index (χ1v) is 10.9. The molecule has 0 saturated carbocycles. The predicted octanol–water partition coefficient (Wildman–Crippen LogP) is 4.44. The molecule has 8 heteroatoms. The summed E-state index contributed by atoms with van der Waals surface area (Å²) in [7, 11) is 0. The molecule has 2 aliphatic rings. The predicted molar refractivity (Wildman–Crippen MR) is 126 cm³/mol. The number of carbonyl (C=O) groups is 3. The minimum Gasteiger partial charge on any atom is -0.294 e. The van der Waals surface area contributed by atoms with E-state index in [1.807, 2.05) is 6.07 Å². The van der Waals surface area contributed by atoms with Gasteiger partial charge in [-0.15, -0.1) is 0 Å². The second kappa shape index (κ2) is 9.15. The number of carbonyl (C=O) groups excluding carboxylic acids is 3. The van der Waals surface area contributed by atoms with Gasteiger partial charge in [-0.05, 0) is 66.2 Å². The van der Waals surface area contributed by atoms with Crippen LogP contribution in [-0.2, 0) is 4.79 Å². The molecule has 1 saturated heterocycles. The summed E-state index contributed by atoms with van der Waals surface area (Å²) in [6.45, 7) is 0. The molecule has 2 aliphatic heterocycles. The van der Waals surface area contributed by atoms with Crippen LogP contribution in [0, 0.1) is 11.6 Å². The third-order valence-corrected chi connectivity index (χ3v) is 5.93. The summed E-state index contributed by atoms with van der Waals surface area (Å²) >= 11 is 0.